The standard InChI is InChI=1S/C14H12F3NO3/c1-2-3-4-5-12(19)18-11-7-9(13(20)21)6-10(8-11)14(15,16)17/h2-8H,1H3,(H,18,19)(H,20,21)/b3-2+,5-4+. The van der Waals surface area contributed by atoms with Crippen molar-refractivity contribution in [3.8, 4) is 0 Å². The summed E-state index contributed by atoms with van der Waals surface area (Å²) in [5.74, 6) is -2.18. The lowest BCUT2D eigenvalue weighted by molar-refractivity contribution is -0.137. The highest BCUT2D eigenvalue weighted by Crippen LogP contribution is 2.32. The lowest BCUT2D eigenvalue weighted by Gasteiger charge is -2.10. The molecule has 0 fully saturated rings. The zero-order valence-corrected chi connectivity index (χ0v) is 10.9. The number of carbonyl (C=O) groups excluding carboxylic acids is 1. The van der Waals surface area contributed by atoms with Crippen molar-refractivity contribution in [1.29, 1.82) is 0 Å². The van der Waals surface area contributed by atoms with Crippen LogP contribution in [0.3, 0.4) is 0 Å². The highest BCUT2D eigenvalue weighted by atomic mass is 19.4. The summed E-state index contributed by atoms with van der Waals surface area (Å²) in [4.78, 5) is 22.3. The van der Waals surface area contributed by atoms with Crippen molar-refractivity contribution in [3.05, 3.63) is 53.6 Å². The van der Waals surface area contributed by atoms with Gasteiger partial charge in [-0.2, -0.15) is 13.2 Å². The van der Waals surface area contributed by atoms with Gasteiger partial charge in [0.1, 0.15) is 0 Å². The molecule has 0 aliphatic heterocycles. The molecule has 0 aromatic heterocycles. The third-order valence-corrected chi connectivity index (χ3v) is 2.33. The van der Waals surface area contributed by atoms with E-state index in [1.54, 1.807) is 19.1 Å². The maximum Gasteiger partial charge on any atom is 0.416 e. The predicted molar refractivity (Wildman–Crippen MR) is 71.0 cm³/mol. The van der Waals surface area contributed by atoms with E-state index >= 15 is 0 Å². The van der Waals surface area contributed by atoms with Gasteiger partial charge in [-0.1, -0.05) is 18.2 Å². The lowest BCUT2D eigenvalue weighted by atomic mass is 10.1. The van der Waals surface area contributed by atoms with Gasteiger partial charge in [-0.3, -0.25) is 4.79 Å². The van der Waals surface area contributed by atoms with Gasteiger partial charge in [0.05, 0.1) is 11.1 Å². The summed E-state index contributed by atoms with van der Waals surface area (Å²) < 4.78 is 38.0. The summed E-state index contributed by atoms with van der Waals surface area (Å²) in [6, 6.07) is 2.14. The lowest BCUT2D eigenvalue weighted by Crippen LogP contribution is -2.12. The van der Waals surface area contributed by atoms with E-state index in [0.29, 0.717) is 12.1 Å². The Morgan fingerprint density at radius 3 is 2.38 bits per heavy atom. The van der Waals surface area contributed by atoms with Crippen molar-refractivity contribution < 1.29 is 27.9 Å². The first kappa shape index (κ1) is 16.5. The Kier molecular flexibility index (Phi) is 5.29. The van der Waals surface area contributed by atoms with Crippen LogP contribution in [0.1, 0.15) is 22.8 Å². The Morgan fingerprint density at radius 2 is 1.86 bits per heavy atom. The molecule has 0 aliphatic rings. The Labute approximate surface area is 118 Å². The Bertz CT molecular complexity index is 604. The molecule has 0 heterocycles. The van der Waals surface area contributed by atoms with Crippen LogP contribution < -0.4 is 5.32 Å². The molecular weight excluding hydrogens is 287 g/mol. The summed E-state index contributed by atoms with van der Waals surface area (Å²) in [5.41, 5.74) is -1.94. The summed E-state index contributed by atoms with van der Waals surface area (Å²) in [5, 5.41) is 11.0. The Balaban J connectivity index is 3.09. The molecule has 2 N–H and O–H groups in total. The molecule has 0 bridgehead atoms. The first-order valence-corrected chi connectivity index (χ1v) is 5.80. The third kappa shape index (κ3) is 5.13. The second-order valence-corrected chi connectivity index (χ2v) is 3.98. The molecule has 21 heavy (non-hydrogen) atoms. The number of carboxylic acid groups (broad SMARTS) is 1. The van der Waals surface area contributed by atoms with E-state index in [1.165, 1.54) is 6.08 Å². The fourth-order valence-electron chi connectivity index (χ4n) is 1.42. The van der Waals surface area contributed by atoms with Crippen LogP contribution in [-0.2, 0) is 11.0 Å². The second-order valence-electron chi connectivity index (χ2n) is 3.98. The molecular formula is C14H12F3NO3. The van der Waals surface area contributed by atoms with Gasteiger partial charge in [-0.25, -0.2) is 4.79 Å². The van der Waals surface area contributed by atoms with Crippen molar-refractivity contribution in [1.82, 2.24) is 0 Å². The van der Waals surface area contributed by atoms with Crippen molar-refractivity contribution in [2.75, 3.05) is 5.32 Å². The molecule has 1 aromatic carbocycles. The fourth-order valence-corrected chi connectivity index (χ4v) is 1.42. The minimum Gasteiger partial charge on any atom is -0.478 e. The molecule has 0 saturated carbocycles. The van der Waals surface area contributed by atoms with Gasteiger partial charge in [0.25, 0.3) is 0 Å². The summed E-state index contributed by atoms with van der Waals surface area (Å²) >= 11 is 0. The quantitative estimate of drug-likeness (QED) is 0.661. The van der Waals surface area contributed by atoms with Crippen LogP contribution in [-0.4, -0.2) is 17.0 Å². The molecule has 0 atom stereocenters. The van der Waals surface area contributed by atoms with E-state index in [0.717, 1.165) is 12.1 Å². The number of aromatic carboxylic acids is 1. The predicted octanol–water partition coefficient (Wildman–Crippen LogP) is 3.47. The van der Waals surface area contributed by atoms with E-state index < -0.39 is 29.2 Å². The topological polar surface area (TPSA) is 66.4 Å². The van der Waals surface area contributed by atoms with Crippen LogP contribution in [0.2, 0.25) is 0 Å². The van der Waals surface area contributed by atoms with Crippen LogP contribution in [0, 0.1) is 0 Å². The highest BCUT2D eigenvalue weighted by molar-refractivity contribution is 6.00. The van der Waals surface area contributed by atoms with E-state index in [9.17, 15) is 22.8 Å². The van der Waals surface area contributed by atoms with Crippen LogP contribution in [0.15, 0.2) is 42.5 Å². The minimum atomic E-state index is -4.70. The Morgan fingerprint density at radius 1 is 1.19 bits per heavy atom. The molecule has 0 spiro atoms. The van der Waals surface area contributed by atoms with Gasteiger partial charge in [0.2, 0.25) is 5.91 Å². The SMILES string of the molecule is C/C=C/C=C/C(=O)Nc1cc(C(=O)O)cc(C(F)(F)F)c1. The van der Waals surface area contributed by atoms with Crippen molar-refractivity contribution >= 4 is 17.6 Å². The Hall–Kier alpha value is -2.57. The molecule has 4 nitrogen and oxygen atoms in total. The van der Waals surface area contributed by atoms with Crippen molar-refractivity contribution in [2.45, 2.75) is 13.1 Å². The summed E-state index contributed by atoms with van der Waals surface area (Å²) in [7, 11) is 0. The number of rotatable bonds is 4. The number of halogens is 3. The van der Waals surface area contributed by atoms with Gasteiger partial charge in [-0.15, -0.1) is 0 Å². The third-order valence-electron chi connectivity index (χ3n) is 2.33. The maximum absolute atomic E-state index is 12.7. The number of nitrogens with one attached hydrogen (secondary N) is 1. The molecule has 1 amide bonds. The van der Waals surface area contributed by atoms with Gasteiger partial charge < -0.3 is 10.4 Å². The van der Waals surface area contributed by atoms with Gasteiger partial charge in [-0.05, 0) is 25.1 Å². The first-order valence-electron chi connectivity index (χ1n) is 5.80. The number of allylic oxidation sites excluding steroid dienone is 3. The number of hydrogen-bond donors (Lipinski definition) is 2. The van der Waals surface area contributed by atoms with Crippen LogP contribution >= 0.6 is 0 Å². The average Bonchev–Trinajstić information content (AvgIpc) is 2.37. The van der Waals surface area contributed by atoms with Crippen LogP contribution in [0.5, 0.6) is 0 Å². The summed E-state index contributed by atoms with van der Waals surface area (Å²) in [6.45, 7) is 1.73. The average molecular weight is 299 g/mol. The highest BCUT2D eigenvalue weighted by Gasteiger charge is 2.32. The van der Waals surface area contributed by atoms with Crippen LogP contribution in [0.25, 0.3) is 0 Å². The first-order chi connectivity index (χ1) is 9.74. The zero-order chi connectivity index (χ0) is 16.0. The number of anilines is 1. The minimum absolute atomic E-state index is 0.239. The van der Waals surface area contributed by atoms with E-state index in [1.807, 2.05) is 0 Å². The molecule has 0 saturated heterocycles. The molecule has 112 valence electrons. The van der Waals surface area contributed by atoms with Gasteiger partial charge in [0.15, 0.2) is 0 Å². The summed E-state index contributed by atoms with van der Waals surface area (Å²) in [6.07, 6.45) is 1.04. The normalized spacial score (nSPS) is 12.0. The van der Waals surface area contributed by atoms with Gasteiger partial charge in [0, 0.05) is 11.8 Å². The number of hydrogen-bond acceptors (Lipinski definition) is 2. The van der Waals surface area contributed by atoms with Crippen molar-refractivity contribution in [3.63, 3.8) is 0 Å². The van der Waals surface area contributed by atoms with E-state index in [2.05, 4.69) is 5.32 Å². The maximum atomic E-state index is 12.7. The molecule has 1 rings (SSSR count). The monoisotopic (exact) mass is 299 g/mol. The number of amides is 1. The molecule has 7 heteroatoms. The van der Waals surface area contributed by atoms with Gasteiger partial charge >= 0.3 is 12.1 Å². The number of benzene rings is 1. The molecule has 0 radical (unpaired) electrons. The second kappa shape index (κ2) is 6.74. The smallest absolute Gasteiger partial charge is 0.416 e. The van der Waals surface area contributed by atoms with E-state index in [-0.39, 0.29) is 5.69 Å². The van der Waals surface area contributed by atoms with Crippen LogP contribution in [0.4, 0.5) is 18.9 Å². The molecule has 0 unspecified atom stereocenters. The largest absolute Gasteiger partial charge is 0.478 e. The van der Waals surface area contributed by atoms with Crippen molar-refractivity contribution in [2.24, 2.45) is 0 Å². The number of carboxylic acids is 1. The molecule has 0 aliphatic carbocycles. The number of alkyl halides is 3. The fraction of sp³-hybridized carbons (Fsp3) is 0.143. The zero-order valence-electron chi connectivity index (χ0n) is 10.9. The molecule has 1 aromatic rings. The van der Waals surface area contributed by atoms with E-state index in [4.69, 9.17) is 5.11 Å². The number of carbonyl (C=O) groups is 2.